The van der Waals surface area contributed by atoms with Crippen molar-refractivity contribution in [3.05, 3.63) is 41.0 Å². The first-order valence-corrected chi connectivity index (χ1v) is 9.80. The lowest BCUT2D eigenvalue weighted by atomic mass is 10.1. The van der Waals surface area contributed by atoms with Crippen molar-refractivity contribution in [3.63, 3.8) is 0 Å². The van der Waals surface area contributed by atoms with Crippen molar-refractivity contribution in [3.8, 4) is 5.75 Å². The summed E-state index contributed by atoms with van der Waals surface area (Å²) < 4.78 is 7.22. The van der Waals surface area contributed by atoms with Crippen LogP contribution in [0.1, 0.15) is 65.5 Å². The monoisotopic (exact) mass is 384 g/mol. The minimum atomic E-state index is -0.338. The van der Waals surface area contributed by atoms with Crippen LogP contribution in [0.2, 0.25) is 0 Å². The first-order chi connectivity index (χ1) is 13.4. The Labute approximate surface area is 165 Å². The molecule has 2 N–H and O–H groups in total. The number of aryl methyl sites for hydroxylation is 1. The topological polar surface area (TPSA) is 85.2 Å². The lowest BCUT2D eigenvalue weighted by Gasteiger charge is -2.18. The van der Waals surface area contributed by atoms with Crippen LogP contribution in [0.25, 0.3) is 0 Å². The molecule has 0 aliphatic carbocycles. The second-order valence-electron chi connectivity index (χ2n) is 7.28. The maximum atomic E-state index is 13.0. The van der Waals surface area contributed by atoms with E-state index in [0.717, 1.165) is 36.9 Å². The van der Waals surface area contributed by atoms with E-state index in [4.69, 9.17) is 4.74 Å². The average molecular weight is 384 g/mol. The molecule has 1 unspecified atom stereocenters. The van der Waals surface area contributed by atoms with E-state index in [0.29, 0.717) is 23.7 Å². The highest BCUT2D eigenvalue weighted by atomic mass is 16.5. The highest BCUT2D eigenvalue weighted by molar-refractivity contribution is 6.04. The van der Waals surface area contributed by atoms with Gasteiger partial charge in [0.1, 0.15) is 11.4 Å². The van der Waals surface area contributed by atoms with Gasteiger partial charge >= 0.3 is 0 Å². The molecule has 0 saturated heterocycles. The number of benzene rings is 1. The van der Waals surface area contributed by atoms with Gasteiger partial charge in [0.2, 0.25) is 0 Å². The van der Waals surface area contributed by atoms with Crippen molar-refractivity contribution in [1.29, 1.82) is 0 Å². The van der Waals surface area contributed by atoms with E-state index in [1.54, 1.807) is 7.11 Å². The fourth-order valence-corrected chi connectivity index (χ4v) is 3.39. The zero-order valence-electron chi connectivity index (χ0n) is 17.0. The van der Waals surface area contributed by atoms with E-state index >= 15 is 0 Å². The van der Waals surface area contributed by atoms with E-state index in [-0.39, 0.29) is 23.7 Å². The first-order valence-electron chi connectivity index (χ1n) is 9.80. The number of nitrogens with zero attached hydrogens (tertiary/aromatic N) is 2. The summed E-state index contributed by atoms with van der Waals surface area (Å²) >= 11 is 0. The molecule has 0 radical (unpaired) electrons. The molecule has 1 atom stereocenters. The Hall–Kier alpha value is -2.83. The number of nitrogens with one attached hydrogen (secondary N) is 2. The predicted molar refractivity (Wildman–Crippen MR) is 108 cm³/mol. The molecule has 1 aliphatic rings. The van der Waals surface area contributed by atoms with E-state index in [2.05, 4.69) is 15.6 Å². The largest absolute Gasteiger partial charge is 0.495 e. The van der Waals surface area contributed by atoms with Crippen LogP contribution in [0.5, 0.6) is 5.75 Å². The molecular weight excluding hydrogens is 356 g/mol. The summed E-state index contributed by atoms with van der Waals surface area (Å²) in [7, 11) is 1.56. The SMILES string of the molecule is CCC(C)NC(=O)c1nc(C(=O)Nc2cc(C)ccc2OC)n2c1CCCC2. The van der Waals surface area contributed by atoms with Crippen LogP contribution in [0.3, 0.4) is 0 Å². The number of hydrogen-bond donors (Lipinski definition) is 2. The lowest BCUT2D eigenvalue weighted by molar-refractivity contribution is 0.0933. The van der Waals surface area contributed by atoms with E-state index in [1.165, 1.54) is 0 Å². The van der Waals surface area contributed by atoms with Crippen LogP contribution in [-0.4, -0.2) is 34.5 Å². The fourth-order valence-electron chi connectivity index (χ4n) is 3.39. The Bertz CT molecular complexity index is 888. The molecule has 1 aliphatic heterocycles. The smallest absolute Gasteiger partial charge is 0.291 e. The number of carbonyl (C=O) groups excluding carboxylic acids is 2. The third-order valence-electron chi connectivity index (χ3n) is 5.13. The summed E-state index contributed by atoms with van der Waals surface area (Å²) in [6, 6.07) is 5.65. The molecule has 7 heteroatoms. The second kappa shape index (κ2) is 8.46. The van der Waals surface area contributed by atoms with E-state index in [9.17, 15) is 9.59 Å². The molecule has 7 nitrogen and oxygen atoms in total. The van der Waals surface area contributed by atoms with E-state index < -0.39 is 0 Å². The number of carbonyl (C=O) groups is 2. The zero-order valence-corrected chi connectivity index (χ0v) is 17.0. The molecular formula is C21H28N4O3. The van der Waals surface area contributed by atoms with Crippen LogP contribution in [0.15, 0.2) is 18.2 Å². The molecule has 0 bridgehead atoms. The number of anilines is 1. The Kier molecular flexibility index (Phi) is 6.02. The molecule has 0 fully saturated rings. The van der Waals surface area contributed by atoms with E-state index in [1.807, 2.05) is 43.5 Å². The van der Waals surface area contributed by atoms with Gasteiger partial charge in [0.15, 0.2) is 5.82 Å². The van der Waals surface area contributed by atoms with Crippen LogP contribution < -0.4 is 15.4 Å². The van der Waals surface area contributed by atoms with Crippen molar-refractivity contribution < 1.29 is 14.3 Å². The zero-order chi connectivity index (χ0) is 20.3. The van der Waals surface area contributed by atoms with Gasteiger partial charge in [-0.05, 0) is 57.2 Å². The highest BCUT2D eigenvalue weighted by Crippen LogP contribution is 2.27. The van der Waals surface area contributed by atoms with Crippen LogP contribution >= 0.6 is 0 Å². The summed E-state index contributed by atoms with van der Waals surface area (Å²) in [6.07, 6.45) is 3.53. The Morgan fingerprint density at radius 3 is 2.79 bits per heavy atom. The number of methoxy groups -OCH3 is 1. The number of amides is 2. The molecule has 0 saturated carbocycles. The number of rotatable bonds is 6. The average Bonchev–Trinajstić information content (AvgIpc) is 3.08. The molecule has 2 aromatic rings. The van der Waals surface area contributed by atoms with Gasteiger partial charge in [0.25, 0.3) is 11.8 Å². The van der Waals surface area contributed by atoms with Gasteiger partial charge in [0.05, 0.1) is 18.5 Å². The maximum absolute atomic E-state index is 13.0. The second-order valence-corrected chi connectivity index (χ2v) is 7.28. The van der Waals surface area contributed by atoms with Crippen molar-refractivity contribution in [2.24, 2.45) is 0 Å². The lowest BCUT2D eigenvalue weighted by Crippen LogP contribution is -2.33. The Morgan fingerprint density at radius 1 is 1.29 bits per heavy atom. The van der Waals surface area contributed by atoms with Gasteiger partial charge in [-0.25, -0.2) is 4.98 Å². The van der Waals surface area contributed by atoms with Crippen molar-refractivity contribution in [2.75, 3.05) is 12.4 Å². The standard InChI is InChI=1S/C21H28N4O3/c1-5-14(3)22-20(26)18-16-8-6-7-11-25(16)19(24-18)21(27)23-15-12-13(2)9-10-17(15)28-4/h9-10,12,14H,5-8,11H2,1-4H3,(H,22,26)(H,23,27). The molecule has 28 heavy (non-hydrogen) atoms. The van der Waals surface area contributed by atoms with Gasteiger partial charge in [0, 0.05) is 12.6 Å². The summed E-state index contributed by atoms with van der Waals surface area (Å²) in [5.74, 6) is 0.300. The molecule has 0 spiro atoms. The predicted octanol–water partition coefficient (Wildman–Crippen LogP) is 3.32. The quantitative estimate of drug-likeness (QED) is 0.800. The fraction of sp³-hybridized carbons (Fsp3) is 0.476. The summed E-state index contributed by atoms with van der Waals surface area (Å²) in [5, 5.41) is 5.85. The van der Waals surface area contributed by atoms with Gasteiger partial charge in [-0.15, -0.1) is 0 Å². The minimum absolute atomic E-state index is 0.0577. The Morgan fingerprint density at radius 2 is 2.07 bits per heavy atom. The number of ether oxygens (including phenoxy) is 1. The Balaban J connectivity index is 1.92. The van der Waals surface area contributed by atoms with Gasteiger partial charge in [-0.3, -0.25) is 9.59 Å². The van der Waals surface area contributed by atoms with Gasteiger partial charge in [-0.1, -0.05) is 13.0 Å². The third-order valence-corrected chi connectivity index (χ3v) is 5.13. The van der Waals surface area contributed by atoms with Crippen LogP contribution in [0, 0.1) is 6.92 Å². The van der Waals surface area contributed by atoms with Crippen LogP contribution in [-0.2, 0) is 13.0 Å². The van der Waals surface area contributed by atoms with Crippen molar-refractivity contribution in [2.45, 2.75) is 59.0 Å². The number of aromatic nitrogens is 2. The van der Waals surface area contributed by atoms with Crippen molar-refractivity contribution >= 4 is 17.5 Å². The third kappa shape index (κ3) is 4.03. The number of hydrogen-bond acceptors (Lipinski definition) is 4. The van der Waals surface area contributed by atoms with Gasteiger partial charge in [-0.2, -0.15) is 0 Å². The van der Waals surface area contributed by atoms with Crippen LogP contribution in [0.4, 0.5) is 5.69 Å². The number of fused-ring (bicyclic) bond motifs is 1. The molecule has 3 rings (SSSR count). The molecule has 150 valence electrons. The molecule has 1 aromatic heterocycles. The maximum Gasteiger partial charge on any atom is 0.291 e. The summed E-state index contributed by atoms with van der Waals surface area (Å²) in [6.45, 7) is 6.61. The number of imidazole rings is 1. The molecule has 2 amide bonds. The normalized spacial score (nSPS) is 14.1. The summed E-state index contributed by atoms with van der Waals surface area (Å²) in [5.41, 5.74) is 2.80. The van der Waals surface area contributed by atoms with Gasteiger partial charge < -0.3 is 19.9 Å². The van der Waals surface area contributed by atoms with Crippen molar-refractivity contribution in [1.82, 2.24) is 14.9 Å². The highest BCUT2D eigenvalue weighted by Gasteiger charge is 2.28. The molecule has 2 heterocycles. The summed E-state index contributed by atoms with van der Waals surface area (Å²) in [4.78, 5) is 30.1. The molecule has 1 aromatic carbocycles. The minimum Gasteiger partial charge on any atom is -0.495 e. The first kappa shape index (κ1) is 19.9.